The van der Waals surface area contributed by atoms with Gasteiger partial charge in [0.1, 0.15) is 5.82 Å². The smallest absolute Gasteiger partial charge is 0.127 e. The second-order valence-electron chi connectivity index (χ2n) is 4.71. The summed E-state index contributed by atoms with van der Waals surface area (Å²) in [4.78, 5) is 0. The van der Waals surface area contributed by atoms with Crippen LogP contribution in [0.5, 0.6) is 0 Å². The molecule has 2 aromatic carbocycles. The van der Waals surface area contributed by atoms with Gasteiger partial charge in [-0.2, -0.15) is 0 Å². The quantitative estimate of drug-likeness (QED) is 0.741. The highest BCUT2D eigenvalue weighted by atomic mass is 19.1. The first-order valence-corrected chi connectivity index (χ1v) is 6.84. The van der Waals surface area contributed by atoms with Crippen LogP contribution in [0.1, 0.15) is 24.0 Å². The van der Waals surface area contributed by atoms with Crippen molar-refractivity contribution in [3.63, 3.8) is 0 Å². The third-order valence-electron chi connectivity index (χ3n) is 3.19. The molecule has 100 valence electrons. The van der Waals surface area contributed by atoms with E-state index < -0.39 is 0 Å². The first-order valence-electron chi connectivity index (χ1n) is 6.84. The summed E-state index contributed by atoms with van der Waals surface area (Å²) in [6, 6.07) is 17.4. The number of halogens is 1. The van der Waals surface area contributed by atoms with E-state index in [2.05, 4.69) is 29.6 Å². The molecule has 2 rings (SSSR count). The molecule has 0 aliphatic rings. The Morgan fingerprint density at radius 3 is 2.37 bits per heavy atom. The molecular weight excluding hydrogens is 237 g/mol. The normalized spacial score (nSPS) is 10.6. The van der Waals surface area contributed by atoms with Crippen LogP contribution in [0.2, 0.25) is 0 Å². The van der Waals surface area contributed by atoms with Gasteiger partial charge in [0.15, 0.2) is 0 Å². The fourth-order valence-electron chi connectivity index (χ4n) is 2.09. The van der Waals surface area contributed by atoms with Crippen molar-refractivity contribution in [2.24, 2.45) is 0 Å². The van der Waals surface area contributed by atoms with Crippen molar-refractivity contribution in [1.82, 2.24) is 5.32 Å². The highest BCUT2D eigenvalue weighted by molar-refractivity contribution is 5.17. The molecule has 1 nitrogen and oxygen atoms in total. The molecule has 0 radical (unpaired) electrons. The molecule has 0 atom stereocenters. The maximum atomic E-state index is 13.3. The fourth-order valence-corrected chi connectivity index (χ4v) is 2.09. The maximum absolute atomic E-state index is 13.3. The number of benzene rings is 2. The molecule has 0 aliphatic carbocycles. The van der Waals surface area contributed by atoms with Gasteiger partial charge >= 0.3 is 0 Å². The molecule has 19 heavy (non-hydrogen) atoms. The van der Waals surface area contributed by atoms with Gasteiger partial charge in [-0.25, -0.2) is 4.39 Å². The van der Waals surface area contributed by atoms with E-state index in [9.17, 15) is 4.39 Å². The topological polar surface area (TPSA) is 12.0 Å². The first-order chi connectivity index (χ1) is 9.36. The lowest BCUT2D eigenvalue weighted by molar-refractivity contribution is 0.575. The Morgan fingerprint density at radius 1 is 0.842 bits per heavy atom. The Bertz CT molecular complexity index is 482. The summed E-state index contributed by atoms with van der Waals surface area (Å²) in [5.41, 5.74) is 2.13. The summed E-state index contributed by atoms with van der Waals surface area (Å²) >= 11 is 0. The van der Waals surface area contributed by atoms with E-state index in [0.717, 1.165) is 31.4 Å². The van der Waals surface area contributed by atoms with Gasteiger partial charge in [-0.15, -0.1) is 0 Å². The standard InChI is InChI=1S/C17H20FN/c18-17-12-5-4-11-16(17)14-19-13-7-6-10-15-8-2-1-3-9-15/h1-5,8-9,11-12,19H,6-7,10,13-14H2. The van der Waals surface area contributed by atoms with Crippen molar-refractivity contribution in [1.29, 1.82) is 0 Å². The Hall–Kier alpha value is -1.67. The monoisotopic (exact) mass is 257 g/mol. The minimum atomic E-state index is -0.126. The largest absolute Gasteiger partial charge is 0.313 e. The van der Waals surface area contributed by atoms with E-state index >= 15 is 0 Å². The average Bonchev–Trinajstić information content (AvgIpc) is 2.45. The van der Waals surface area contributed by atoms with Crippen molar-refractivity contribution in [2.45, 2.75) is 25.8 Å². The fraction of sp³-hybridized carbons (Fsp3) is 0.294. The van der Waals surface area contributed by atoms with Gasteiger partial charge in [0.25, 0.3) is 0 Å². The zero-order valence-electron chi connectivity index (χ0n) is 11.1. The van der Waals surface area contributed by atoms with Crippen LogP contribution in [0.15, 0.2) is 54.6 Å². The summed E-state index contributed by atoms with van der Waals surface area (Å²) < 4.78 is 13.3. The van der Waals surface area contributed by atoms with Crippen molar-refractivity contribution >= 4 is 0 Å². The predicted octanol–water partition coefficient (Wildman–Crippen LogP) is 3.94. The van der Waals surface area contributed by atoms with Gasteiger partial charge in [0.05, 0.1) is 0 Å². The summed E-state index contributed by atoms with van der Waals surface area (Å²) in [7, 11) is 0. The molecule has 2 heteroatoms. The molecule has 0 saturated heterocycles. The molecule has 0 bridgehead atoms. The third kappa shape index (κ3) is 4.84. The van der Waals surface area contributed by atoms with Crippen LogP contribution < -0.4 is 5.32 Å². The second kappa shape index (κ2) is 7.70. The molecule has 0 spiro atoms. The van der Waals surface area contributed by atoms with E-state index in [0.29, 0.717) is 6.54 Å². The van der Waals surface area contributed by atoms with Crippen molar-refractivity contribution in [3.8, 4) is 0 Å². The number of hydrogen-bond acceptors (Lipinski definition) is 1. The molecule has 0 fully saturated rings. The first kappa shape index (κ1) is 13.8. The number of aryl methyl sites for hydroxylation is 1. The number of rotatable bonds is 7. The van der Waals surface area contributed by atoms with E-state index in [1.165, 1.54) is 11.6 Å². The van der Waals surface area contributed by atoms with Crippen molar-refractivity contribution in [2.75, 3.05) is 6.54 Å². The molecule has 0 saturated carbocycles. The average molecular weight is 257 g/mol. The maximum Gasteiger partial charge on any atom is 0.127 e. The molecule has 0 amide bonds. The molecule has 1 N–H and O–H groups in total. The zero-order chi connectivity index (χ0) is 13.3. The Balaban J connectivity index is 1.59. The highest BCUT2D eigenvalue weighted by Crippen LogP contribution is 2.06. The van der Waals surface area contributed by atoms with Crippen molar-refractivity contribution < 1.29 is 4.39 Å². The molecule has 0 aliphatic heterocycles. The Kier molecular flexibility index (Phi) is 5.57. The molecule has 2 aromatic rings. The number of unbranched alkanes of at least 4 members (excludes halogenated alkanes) is 1. The van der Waals surface area contributed by atoms with Gasteiger partial charge in [0, 0.05) is 12.1 Å². The van der Waals surface area contributed by atoms with Crippen LogP contribution in [0, 0.1) is 5.82 Å². The second-order valence-corrected chi connectivity index (χ2v) is 4.71. The van der Waals surface area contributed by atoms with Gasteiger partial charge in [-0.05, 0) is 37.4 Å². The summed E-state index contributed by atoms with van der Waals surface area (Å²) in [6.07, 6.45) is 3.39. The molecule has 0 heterocycles. The predicted molar refractivity (Wildman–Crippen MR) is 77.5 cm³/mol. The van der Waals surface area contributed by atoms with E-state index in [1.807, 2.05) is 18.2 Å². The lowest BCUT2D eigenvalue weighted by Crippen LogP contribution is -2.15. The molecule has 0 unspecified atom stereocenters. The van der Waals surface area contributed by atoms with E-state index in [4.69, 9.17) is 0 Å². The summed E-state index contributed by atoms with van der Waals surface area (Å²) in [6.45, 7) is 1.54. The summed E-state index contributed by atoms with van der Waals surface area (Å²) in [5.74, 6) is -0.126. The third-order valence-corrected chi connectivity index (χ3v) is 3.19. The van der Waals surface area contributed by atoms with Gasteiger partial charge < -0.3 is 5.32 Å². The van der Waals surface area contributed by atoms with Crippen LogP contribution in [-0.2, 0) is 13.0 Å². The lowest BCUT2D eigenvalue weighted by Gasteiger charge is -2.06. The molecular formula is C17H20FN. The van der Waals surface area contributed by atoms with E-state index in [-0.39, 0.29) is 5.82 Å². The van der Waals surface area contributed by atoms with Crippen LogP contribution in [-0.4, -0.2) is 6.54 Å². The van der Waals surface area contributed by atoms with Crippen LogP contribution in [0.25, 0.3) is 0 Å². The number of nitrogens with one attached hydrogen (secondary N) is 1. The summed E-state index contributed by atoms with van der Waals surface area (Å²) in [5, 5.41) is 3.29. The Labute approximate surface area is 114 Å². The lowest BCUT2D eigenvalue weighted by atomic mass is 10.1. The SMILES string of the molecule is Fc1ccccc1CNCCCCc1ccccc1. The van der Waals surface area contributed by atoms with Gasteiger partial charge in [-0.1, -0.05) is 48.5 Å². The zero-order valence-corrected chi connectivity index (χ0v) is 11.1. The van der Waals surface area contributed by atoms with Crippen LogP contribution >= 0.6 is 0 Å². The van der Waals surface area contributed by atoms with Crippen molar-refractivity contribution in [3.05, 3.63) is 71.5 Å². The molecule has 0 aromatic heterocycles. The number of hydrogen-bond donors (Lipinski definition) is 1. The Morgan fingerprint density at radius 2 is 1.58 bits per heavy atom. The minimum Gasteiger partial charge on any atom is -0.313 e. The minimum absolute atomic E-state index is 0.126. The van der Waals surface area contributed by atoms with Crippen LogP contribution in [0.3, 0.4) is 0 Å². The highest BCUT2D eigenvalue weighted by Gasteiger charge is 1.99. The van der Waals surface area contributed by atoms with Gasteiger partial charge in [0.2, 0.25) is 0 Å². The van der Waals surface area contributed by atoms with Crippen LogP contribution in [0.4, 0.5) is 4.39 Å². The van der Waals surface area contributed by atoms with E-state index in [1.54, 1.807) is 6.07 Å². The van der Waals surface area contributed by atoms with Gasteiger partial charge in [-0.3, -0.25) is 0 Å².